The molecule has 1 amide bonds. The van der Waals surface area contributed by atoms with Crippen LogP contribution in [0.3, 0.4) is 0 Å². The Balaban J connectivity index is 2.33. The van der Waals surface area contributed by atoms with Crippen LogP contribution in [0.2, 0.25) is 5.02 Å². The van der Waals surface area contributed by atoms with Crippen LogP contribution >= 0.6 is 27.5 Å². The molecule has 0 aliphatic carbocycles. The van der Waals surface area contributed by atoms with Crippen molar-refractivity contribution >= 4 is 45.2 Å². The predicted octanol–water partition coefficient (Wildman–Crippen LogP) is 5.06. The minimum Gasteiger partial charge on any atom is -0.490 e. The molecule has 28 heavy (non-hydrogen) atoms. The van der Waals surface area contributed by atoms with Crippen LogP contribution in [0.15, 0.2) is 46.4 Å². The standard InChI is InChI=1S/C21H16BrClN2O3/c1-3-8-28-20-18(22)10-14(11-19(20)27-4-2)9-15(13-24)21(26)25-17-7-5-6-16(23)12-17/h1,5-7,9-12H,4,8H2,2H3,(H,25,26)/b15-9-. The molecule has 0 atom stereocenters. The van der Waals surface area contributed by atoms with Gasteiger partial charge in [-0.05, 0) is 64.8 Å². The van der Waals surface area contributed by atoms with Gasteiger partial charge >= 0.3 is 0 Å². The zero-order valence-electron chi connectivity index (χ0n) is 15.0. The summed E-state index contributed by atoms with van der Waals surface area (Å²) in [5.41, 5.74) is 1.00. The van der Waals surface area contributed by atoms with Gasteiger partial charge in [0.05, 0.1) is 11.1 Å². The highest BCUT2D eigenvalue weighted by molar-refractivity contribution is 9.10. The number of nitriles is 1. The summed E-state index contributed by atoms with van der Waals surface area (Å²) in [6, 6.07) is 12.0. The van der Waals surface area contributed by atoms with E-state index >= 15 is 0 Å². The van der Waals surface area contributed by atoms with Gasteiger partial charge in [-0.1, -0.05) is 23.6 Å². The maximum Gasteiger partial charge on any atom is 0.266 e. The first-order valence-corrected chi connectivity index (χ1v) is 9.37. The number of nitrogens with one attached hydrogen (secondary N) is 1. The van der Waals surface area contributed by atoms with Gasteiger partial charge in [0.1, 0.15) is 18.2 Å². The summed E-state index contributed by atoms with van der Waals surface area (Å²) in [7, 11) is 0. The number of hydrogen-bond donors (Lipinski definition) is 1. The van der Waals surface area contributed by atoms with Crippen molar-refractivity contribution in [2.24, 2.45) is 0 Å². The van der Waals surface area contributed by atoms with Crippen molar-refractivity contribution < 1.29 is 14.3 Å². The van der Waals surface area contributed by atoms with Crippen molar-refractivity contribution in [1.29, 1.82) is 5.26 Å². The SMILES string of the molecule is C#CCOc1c(Br)cc(/C=C(/C#N)C(=O)Nc2cccc(Cl)c2)cc1OCC. The van der Waals surface area contributed by atoms with Gasteiger partial charge in [0.2, 0.25) is 0 Å². The number of ether oxygens (including phenoxy) is 2. The summed E-state index contributed by atoms with van der Waals surface area (Å²) in [6.07, 6.45) is 6.70. The van der Waals surface area contributed by atoms with Crippen LogP contribution in [-0.2, 0) is 4.79 Å². The molecule has 0 spiro atoms. The Morgan fingerprint density at radius 2 is 2.14 bits per heavy atom. The number of terminal acetylenes is 1. The number of anilines is 1. The molecule has 2 aromatic carbocycles. The Bertz CT molecular complexity index is 990. The number of carbonyl (C=O) groups is 1. The largest absolute Gasteiger partial charge is 0.490 e. The highest BCUT2D eigenvalue weighted by atomic mass is 79.9. The lowest BCUT2D eigenvalue weighted by atomic mass is 10.1. The van der Waals surface area contributed by atoms with Gasteiger partial charge in [0, 0.05) is 10.7 Å². The minimum atomic E-state index is -0.550. The first kappa shape index (κ1) is 21.4. The van der Waals surface area contributed by atoms with Crippen molar-refractivity contribution in [1.82, 2.24) is 0 Å². The molecule has 0 saturated heterocycles. The lowest BCUT2D eigenvalue weighted by Gasteiger charge is -2.13. The molecular weight excluding hydrogens is 444 g/mol. The van der Waals surface area contributed by atoms with Crippen LogP contribution in [0, 0.1) is 23.7 Å². The fraction of sp³-hybridized carbons (Fsp3) is 0.143. The Morgan fingerprint density at radius 3 is 2.79 bits per heavy atom. The van der Waals surface area contributed by atoms with E-state index in [0.717, 1.165) is 0 Å². The maximum atomic E-state index is 12.4. The van der Waals surface area contributed by atoms with Crippen molar-refractivity contribution in [2.45, 2.75) is 6.92 Å². The molecule has 2 aromatic rings. The van der Waals surface area contributed by atoms with Gasteiger partial charge in [-0.25, -0.2) is 0 Å². The van der Waals surface area contributed by atoms with Crippen LogP contribution < -0.4 is 14.8 Å². The fourth-order valence-corrected chi connectivity index (χ4v) is 3.03. The van der Waals surface area contributed by atoms with E-state index in [1.54, 1.807) is 36.4 Å². The highest BCUT2D eigenvalue weighted by Crippen LogP contribution is 2.37. The van der Waals surface area contributed by atoms with Crippen molar-refractivity contribution in [3.8, 4) is 29.9 Å². The van der Waals surface area contributed by atoms with Crippen molar-refractivity contribution in [2.75, 3.05) is 18.5 Å². The Kier molecular flexibility index (Phi) is 7.95. The fourth-order valence-electron chi connectivity index (χ4n) is 2.27. The second-order valence-corrected chi connectivity index (χ2v) is 6.68. The van der Waals surface area contributed by atoms with Crippen LogP contribution in [0.4, 0.5) is 5.69 Å². The summed E-state index contributed by atoms with van der Waals surface area (Å²) in [4.78, 5) is 12.4. The lowest BCUT2D eigenvalue weighted by Crippen LogP contribution is -2.13. The van der Waals surface area contributed by atoms with Gasteiger partial charge in [-0.15, -0.1) is 6.42 Å². The average Bonchev–Trinajstić information content (AvgIpc) is 2.65. The zero-order valence-corrected chi connectivity index (χ0v) is 17.3. The van der Waals surface area contributed by atoms with Gasteiger partial charge in [-0.3, -0.25) is 4.79 Å². The molecule has 0 aliphatic rings. The molecule has 0 fully saturated rings. The molecule has 5 nitrogen and oxygen atoms in total. The third-order valence-corrected chi connectivity index (χ3v) is 4.21. The van der Waals surface area contributed by atoms with Gasteiger partial charge in [0.25, 0.3) is 5.91 Å². The highest BCUT2D eigenvalue weighted by Gasteiger charge is 2.14. The molecule has 7 heteroatoms. The molecule has 1 N–H and O–H groups in total. The quantitative estimate of drug-likeness (QED) is 0.357. The van der Waals surface area contributed by atoms with E-state index < -0.39 is 5.91 Å². The minimum absolute atomic E-state index is 0.0772. The summed E-state index contributed by atoms with van der Waals surface area (Å²) < 4.78 is 11.7. The monoisotopic (exact) mass is 458 g/mol. The number of hydrogen-bond acceptors (Lipinski definition) is 4. The normalized spacial score (nSPS) is 10.5. The van der Waals surface area contributed by atoms with Gasteiger partial charge < -0.3 is 14.8 Å². The molecule has 0 bridgehead atoms. The van der Waals surface area contributed by atoms with Crippen LogP contribution in [-0.4, -0.2) is 19.1 Å². The number of amides is 1. The van der Waals surface area contributed by atoms with E-state index in [1.165, 1.54) is 6.08 Å². The molecule has 0 saturated carbocycles. The molecule has 142 valence electrons. The third-order valence-electron chi connectivity index (χ3n) is 3.39. The molecule has 0 radical (unpaired) electrons. The van der Waals surface area contributed by atoms with Crippen molar-refractivity contribution in [3.05, 3.63) is 57.0 Å². The Labute approximate surface area is 177 Å². The first-order valence-electron chi connectivity index (χ1n) is 8.19. The van der Waals surface area contributed by atoms with Gasteiger partial charge in [0.15, 0.2) is 11.5 Å². The van der Waals surface area contributed by atoms with E-state index in [-0.39, 0.29) is 12.2 Å². The first-order chi connectivity index (χ1) is 13.5. The van der Waals surface area contributed by atoms with Gasteiger partial charge in [-0.2, -0.15) is 5.26 Å². The molecular formula is C21H16BrClN2O3. The molecule has 0 aromatic heterocycles. The summed E-state index contributed by atoms with van der Waals surface area (Å²) in [5.74, 6) is 2.75. The van der Waals surface area contributed by atoms with E-state index in [2.05, 4.69) is 27.2 Å². The number of nitrogens with zero attached hydrogens (tertiary/aromatic N) is 1. The molecule has 0 unspecified atom stereocenters. The molecule has 0 heterocycles. The third kappa shape index (κ3) is 5.79. The summed E-state index contributed by atoms with van der Waals surface area (Å²) >= 11 is 9.32. The maximum absolute atomic E-state index is 12.4. The number of carbonyl (C=O) groups excluding carboxylic acids is 1. The Hall–Kier alpha value is -2.93. The predicted molar refractivity (Wildman–Crippen MR) is 113 cm³/mol. The van der Waals surface area contributed by atoms with E-state index in [1.807, 2.05) is 13.0 Å². The van der Waals surface area contributed by atoms with E-state index in [4.69, 9.17) is 27.5 Å². The number of rotatable bonds is 7. The summed E-state index contributed by atoms with van der Waals surface area (Å²) in [5, 5.41) is 12.5. The second-order valence-electron chi connectivity index (χ2n) is 5.39. The number of benzene rings is 2. The number of halogens is 2. The summed E-state index contributed by atoms with van der Waals surface area (Å²) in [6.45, 7) is 2.33. The smallest absolute Gasteiger partial charge is 0.266 e. The van der Waals surface area contributed by atoms with Crippen LogP contribution in [0.25, 0.3) is 6.08 Å². The van der Waals surface area contributed by atoms with Crippen LogP contribution in [0.1, 0.15) is 12.5 Å². The zero-order chi connectivity index (χ0) is 20.5. The molecule has 0 aliphatic heterocycles. The van der Waals surface area contributed by atoms with E-state index in [0.29, 0.717) is 38.9 Å². The molecule has 2 rings (SSSR count). The van der Waals surface area contributed by atoms with E-state index in [9.17, 15) is 10.1 Å². The second kappa shape index (κ2) is 10.4. The Morgan fingerprint density at radius 1 is 1.36 bits per heavy atom. The average molecular weight is 460 g/mol. The van der Waals surface area contributed by atoms with Crippen LogP contribution in [0.5, 0.6) is 11.5 Å². The van der Waals surface area contributed by atoms with Crippen molar-refractivity contribution in [3.63, 3.8) is 0 Å². The lowest BCUT2D eigenvalue weighted by molar-refractivity contribution is -0.112. The topological polar surface area (TPSA) is 71.3 Å².